The Hall–Kier alpha value is -5.20. The smallest absolute Gasteiger partial charge is 0.275 e. The second-order valence-electron chi connectivity index (χ2n) is 13.4. The lowest BCUT2D eigenvalue weighted by Crippen LogP contribution is -2.37. The summed E-state index contributed by atoms with van der Waals surface area (Å²) < 4.78 is 35.9. The summed E-state index contributed by atoms with van der Waals surface area (Å²) >= 11 is 6.81. The Bertz CT molecular complexity index is 2330. The molecule has 1 aromatic heterocycles. The van der Waals surface area contributed by atoms with Gasteiger partial charge in [0, 0.05) is 31.7 Å². The molecule has 11 nitrogen and oxygen atoms in total. The maximum absolute atomic E-state index is 14.5. The fourth-order valence-electron chi connectivity index (χ4n) is 6.63. The molecule has 13 heteroatoms. The van der Waals surface area contributed by atoms with Crippen LogP contribution in [0.15, 0.2) is 83.8 Å². The second-order valence-corrected chi connectivity index (χ2v) is 15.5. The number of amides is 3. The van der Waals surface area contributed by atoms with Crippen LogP contribution in [0.3, 0.4) is 0 Å². The van der Waals surface area contributed by atoms with Gasteiger partial charge in [-0.25, -0.2) is 17.8 Å². The van der Waals surface area contributed by atoms with Gasteiger partial charge in [0.1, 0.15) is 5.75 Å². The second kappa shape index (κ2) is 16.4. The van der Waals surface area contributed by atoms with Crippen molar-refractivity contribution in [3.05, 3.63) is 118 Å². The molecule has 0 spiro atoms. The number of nitrogens with one attached hydrogen (secondary N) is 1. The molecule has 3 amide bonds. The third kappa shape index (κ3) is 8.00. The van der Waals surface area contributed by atoms with E-state index < -0.39 is 15.9 Å². The molecule has 0 saturated carbocycles. The number of fused-ring (bicyclic) bond motifs is 2. The third-order valence-corrected chi connectivity index (χ3v) is 11.6. The van der Waals surface area contributed by atoms with Gasteiger partial charge in [-0.05, 0) is 90.6 Å². The predicted molar refractivity (Wildman–Crippen MR) is 209 cm³/mol. The Morgan fingerprint density at radius 1 is 0.907 bits per heavy atom. The normalized spacial score (nSPS) is 12.7. The lowest BCUT2D eigenvalue weighted by atomic mass is 9.98. The predicted octanol–water partition coefficient (Wildman–Crippen LogP) is 7.36. The van der Waals surface area contributed by atoms with E-state index in [4.69, 9.17) is 16.3 Å². The van der Waals surface area contributed by atoms with Crippen LogP contribution in [0.5, 0.6) is 5.75 Å². The van der Waals surface area contributed by atoms with Gasteiger partial charge in [-0.3, -0.25) is 14.4 Å². The number of benzene rings is 4. The minimum Gasteiger partial charge on any atom is -0.497 e. The lowest BCUT2D eigenvalue weighted by molar-refractivity contribution is 0.0732. The highest BCUT2D eigenvalue weighted by Crippen LogP contribution is 2.30. The van der Waals surface area contributed by atoms with Crippen LogP contribution in [0, 0.1) is 6.92 Å². The number of hydrogen-bond donors (Lipinski definition) is 1. The van der Waals surface area contributed by atoms with Gasteiger partial charge in [0.05, 0.1) is 34.0 Å². The van der Waals surface area contributed by atoms with Crippen LogP contribution >= 0.6 is 11.6 Å². The Morgan fingerprint density at radius 2 is 1.61 bits per heavy atom. The summed E-state index contributed by atoms with van der Waals surface area (Å²) in [5.41, 5.74) is 3.03. The van der Waals surface area contributed by atoms with E-state index in [1.807, 2.05) is 30.3 Å². The van der Waals surface area contributed by atoms with Crippen molar-refractivity contribution in [2.24, 2.45) is 0 Å². The molecule has 0 unspecified atom stereocenters. The van der Waals surface area contributed by atoms with Gasteiger partial charge < -0.3 is 14.5 Å². The van der Waals surface area contributed by atoms with E-state index in [0.29, 0.717) is 55.1 Å². The first-order valence-corrected chi connectivity index (χ1v) is 20.0. The van der Waals surface area contributed by atoms with Gasteiger partial charge in [-0.15, -0.1) is 0 Å². The maximum atomic E-state index is 14.5. The fourth-order valence-corrected chi connectivity index (χ4v) is 7.83. The maximum Gasteiger partial charge on any atom is 0.275 e. The number of nitrogens with zero attached hydrogens (tertiary/aromatic N) is 4. The summed E-state index contributed by atoms with van der Waals surface area (Å²) in [6.07, 6.45) is 4.15. The van der Waals surface area contributed by atoms with E-state index in [2.05, 4.69) is 23.7 Å². The molecular formula is C41H44ClN5O6S. The molecule has 4 aromatic carbocycles. The standard InChI is InChI=1S/C41H44ClN5O6S/c1-5-7-20-45(21-8-6-2)41(50)38-37(42)27(3)47(43-38)36-18-15-30(25-35(36)40(49)46-22-19-28-11-9-10-12-31(28)26-46)39(48)44-54(51,52)34-17-14-29-13-16-33(53-4)23-32(29)24-34/h9-18,23-25H,5-8,19-22,26H2,1-4H3,(H,44,48). The van der Waals surface area contributed by atoms with Gasteiger partial charge in [-0.2, -0.15) is 5.10 Å². The molecule has 6 rings (SSSR count). The average molecular weight is 770 g/mol. The van der Waals surface area contributed by atoms with Crippen molar-refractivity contribution in [2.45, 2.75) is 64.3 Å². The lowest BCUT2D eigenvalue weighted by Gasteiger charge is -2.29. The molecule has 5 aromatic rings. The zero-order chi connectivity index (χ0) is 38.6. The minimum absolute atomic E-state index is 0.0527. The van der Waals surface area contributed by atoms with E-state index in [0.717, 1.165) is 42.2 Å². The number of unbranched alkanes of at least 4 members (excludes halogenated alkanes) is 2. The van der Waals surface area contributed by atoms with Crippen molar-refractivity contribution >= 4 is 50.1 Å². The van der Waals surface area contributed by atoms with Crippen LogP contribution in [-0.4, -0.2) is 72.5 Å². The summed E-state index contributed by atoms with van der Waals surface area (Å²) in [4.78, 5) is 45.3. The number of sulfonamides is 1. The highest BCUT2D eigenvalue weighted by atomic mass is 35.5. The van der Waals surface area contributed by atoms with Crippen LogP contribution in [0.4, 0.5) is 0 Å². The minimum atomic E-state index is -4.32. The zero-order valence-electron chi connectivity index (χ0n) is 30.9. The molecule has 0 saturated heterocycles. The van der Waals surface area contributed by atoms with Crippen molar-refractivity contribution in [3.63, 3.8) is 0 Å². The van der Waals surface area contributed by atoms with Gasteiger partial charge in [-0.1, -0.05) is 74.7 Å². The molecule has 0 fully saturated rings. The van der Waals surface area contributed by atoms with Crippen molar-refractivity contribution in [1.29, 1.82) is 0 Å². The number of halogens is 1. The van der Waals surface area contributed by atoms with E-state index in [-0.39, 0.29) is 38.6 Å². The topological polar surface area (TPSA) is 131 Å². The molecular weight excluding hydrogens is 726 g/mol. The van der Waals surface area contributed by atoms with Crippen LogP contribution in [0.2, 0.25) is 5.02 Å². The molecule has 0 atom stereocenters. The van der Waals surface area contributed by atoms with Crippen LogP contribution in [0.25, 0.3) is 16.5 Å². The number of hydrogen-bond acceptors (Lipinski definition) is 7. The molecule has 1 N–H and O–H groups in total. The molecule has 2 heterocycles. The van der Waals surface area contributed by atoms with Crippen molar-refractivity contribution < 1.29 is 27.5 Å². The Labute approximate surface area is 320 Å². The summed E-state index contributed by atoms with van der Waals surface area (Å²) in [6.45, 7) is 7.75. The molecule has 0 aliphatic carbocycles. The number of carbonyl (C=O) groups is 3. The number of rotatable bonds is 13. The first kappa shape index (κ1) is 38.5. The first-order chi connectivity index (χ1) is 25.9. The highest BCUT2D eigenvalue weighted by molar-refractivity contribution is 7.90. The summed E-state index contributed by atoms with van der Waals surface area (Å²) in [5.74, 6) is -1.03. The molecule has 0 bridgehead atoms. The van der Waals surface area contributed by atoms with Crippen molar-refractivity contribution in [2.75, 3.05) is 26.7 Å². The van der Waals surface area contributed by atoms with Crippen LogP contribution < -0.4 is 9.46 Å². The van der Waals surface area contributed by atoms with E-state index in [1.165, 1.54) is 42.1 Å². The molecule has 0 radical (unpaired) electrons. The van der Waals surface area contributed by atoms with E-state index in [9.17, 15) is 22.8 Å². The largest absolute Gasteiger partial charge is 0.497 e. The number of aromatic nitrogens is 2. The third-order valence-electron chi connectivity index (χ3n) is 9.79. The molecule has 282 valence electrons. The van der Waals surface area contributed by atoms with Crippen LogP contribution in [0.1, 0.15) is 87.6 Å². The SMILES string of the molecule is CCCCN(CCCC)C(=O)c1nn(-c2ccc(C(=O)NS(=O)(=O)c3ccc4ccc(OC)cc4c3)cc2C(=O)N2CCc3ccccc3C2)c(C)c1Cl. The molecule has 1 aliphatic heterocycles. The summed E-state index contributed by atoms with van der Waals surface area (Å²) in [6, 6.07) is 22.1. The van der Waals surface area contributed by atoms with Crippen molar-refractivity contribution in [1.82, 2.24) is 24.3 Å². The Kier molecular flexibility index (Phi) is 11.7. The number of ether oxygens (including phenoxy) is 1. The fraction of sp³-hybridized carbons (Fsp3) is 0.317. The Morgan fingerprint density at radius 3 is 2.31 bits per heavy atom. The van der Waals surface area contributed by atoms with E-state index >= 15 is 0 Å². The highest BCUT2D eigenvalue weighted by Gasteiger charge is 2.30. The van der Waals surface area contributed by atoms with Crippen LogP contribution in [-0.2, 0) is 23.0 Å². The van der Waals surface area contributed by atoms with Gasteiger partial charge >= 0.3 is 0 Å². The van der Waals surface area contributed by atoms with Gasteiger partial charge in [0.25, 0.3) is 27.7 Å². The first-order valence-electron chi connectivity index (χ1n) is 18.2. The monoisotopic (exact) mass is 769 g/mol. The van der Waals surface area contributed by atoms with Gasteiger partial charge in [0.2, 0.25) is 0 Å². The quantitative estimate of drug-likeness (QED) is 0.133. The Balaban J connectivity index is 1.37. The number of carbonyl (C=O) groups excluding carboxylic acids is 3. The molecule has 1 aliphatic rings. The average Bonchev–Trinajstić information content (AvgIpc) is 3.48. The van der Waals surface area contributed by atoms with Crippen molar-refractivity contribution in [3.8, 4) is 11.4 Å². The number of methoxy groups -OCH3 is 1. The summed E-state index contributed by atoms with van der Waals surface area (Å²) in [7, 11) is -2.80. The van der Waals surface area contributed by atoms with Gasteiger partial charge in [0.15, 0.2) is 5.69 Å². The van der Waals surface area contributed by atoms with E-state index in [1.54, 1.807) is 34.9 Å². The zero-order valence-corrected chi connectivity index (χ0v) is 32.5. The molecule has 54 heavy (non-hydrogen) atoms. The summed E-state index contributed by atoms with van der Waals surface area (Å²) in [5, 5.41) is 6.26.